The first-order chi connectivity index (χ1) is 9.88. The lowest BCUT2D eigenvalue weighted by molar-refractivity contribution is -0.0319. The summed E-state index contributed by atoms with van der Waals surface area (Å²) in [6.07, 6.45) is 2.70. The third-order valence-electron chi connectivity index (χ3n) is 4.96. The molecule has 0 radical (unpaired) electrons. The summed E-state index contributed by atoms with van der Waals surface area (Å²) in [5.74, 6) is -0.287. The third kappa shape index (κ3) is 2.58. The number of fused-ring (bicyclic) bond motifs is 2. The van der Waals surface area contributed by atoms with Crippen LogP contribution in [0.5, 0.6) is 0 Å². The lowest BCUT2D eigenvalue weighted by atomic mass is 9.74. The first-order valence-corrected chi connectivity index (χ1v) is 7.68. The molecular formula is C17H24N2O2. The van der Waals surface area contributed by atoms with Gasteiger partial charge >= 0.3 is 0 Å². The van der Waals surface area contributed by atoms with Crippen molar-refractivity contribution >= 4 is 11.5 Å². The van der Waals surface area contributed by atoms with Crippen LogP contribution < -0.4 is 10.2 Å². The molecule has 1 aromatic carbocycles. The number of rotatable bonds is 3. The van der Waals surface area contributed by atoms with Crippen molar-refractivity contribution in [1.82, 2.24) is 5.32 Å². The van der Waals surface area contributed by atoms with Gasteiger partial charge in [0.2, 0.25) is 0 Å². The first-order valence-electron chi connectivity index (χ1n) is 7.68. The molecule has 2 bridgehead atoms. The zero-order valence-corrected chi connectivity index (χ0v) is 13.0. The zero-order chi connectivity index (χ0) is 15.2. The van der Waals surface area contributed by atoms with Crippen molar-refractivity contribution in [3.8, 4) is 0 Å². The van der Waals surface area contributed by atoms with Gasteiger partial charge in [-0.05, 0) is 50.5 Å². The van der Waals surface area contributed by atoms with E-state index in [0.717, 1.165) is 18.5 Å². The number of Topliss-reactive ketones (excluding diaryl/α,β-unsaturated/α-hetero) is 1. The van der Waals surface area contributed by atoms with Gasteiger partial charge < -0.3 is 15.3 Å². The minimum Gasteiger partial charge on any atom is -0.389 e. The SMILES string of the molecule is CN(C)c1ccc(C(=O)C2C3CCC(CC2(C)O)N3)cc1. The Morgan fingerprint density at radius 1 is 1.29 bits per heavy atom. The van der Waals surface area contributed by atoms with Crippen molar-refractivity contribution in [2.45, 2.75) is 43.9 Å². The van der Waals surface area contributed by atoms with Gasteiger partial charge in [-0.3, -0.25) is 4.79 Å². The molecule has 0 saturated carbocycles. The minimum atomic E-state index is -0.908. The Morgan fingerprint density at radius 2 is 1.95 bits per heavy atom. The minimum absolute atomic E-state index is 0.0585. The lowest BCUT2D eigenvalue weighted by Gasteiger charge is -2.41. The van der Waals surface area contributed by atoms with Gasteiger partial charge in [-0.2, -0.15) is 0 Å². The van der Waals surface area contributed by atoms with E-state index in [1.165, 1.54) is 0 Å². The Hall–Kier alpha value is -1.39. The average Bonchev–Trinajstić information content (AvgIpc) is 2.80. The highest BCUT2D eigenvalue weighted by atomic mass is 16.3. The molecule has 3 rings (SSSR count). The van der Waals surface area contributed by atoms with Gasteiger partial charge in [-0.25, -0.2) is 0 Å². The molecule has 4 heteroatoms. The van der Waals surface area contributed by atoms with Crippen LogP contribution in [0.2, 0.25) is 0 Å². The molecule has 2 aliphatic heterocycles. The van der Waals surface area contributed by atoms with Crippen LogP contribution in [0.4, 0.5) is 5.69 Å². The van der Waals surface area contributed by atoms with E-state index in [1.807, 2.05) is 50.2 Å². The number of nitrogens with one attached hydrogen (secondary N) is 1. The first kappa shape index (κ1) is 14.5. The van der Waals surface area contributed by atoms with Gasteiger partial charge in [0.15, 0.2) is 5.78 Å². The summed E-state index contributed by atoms with van der Waals surface area (Å²) in [5.41, 5.74) is 0.855. The van der Waals surface area contributed by atoms with Gasteiger partial charge in [0.05, 0.1) is 11.5 Å². The standard InChI is InChI=1S/C17H24N2O2/c1-17(21)10-12-6-9-14(18-12)15(17)16(20)11-4-7-13(8-5-11)19(2)3/h4-5,7-8,12,14-15,18,21H,6,9-10H2,1-3H3. The van der Waals surface area contributed by atoms with E-state index in [2.05, 4.69) is 5.32 Å². The number of hydrogen-bond acceptors (Lipinski definition) is 4. The Bertz CT molecular complexity index is 536. The molecule has 0 spiro atoms. The summed E-state index contributed by atoms with van der Waals surface area (Å²) in [4.78, 5) is 14.9. The smallest absolute Gasteiger partial charge is 0.170 e. The second-order valence-corrected chi connectivity index (χ2v) is 6.89. The maximum absolute atomic E-state index is 12.9. The lowest BCUT2D eigenvalue weighted by Crippen LogP contribution is -2.57. The number of carbonyl (C=O) groups is 1. The van der Waals surface area contributed by atoms with Crippen LogP contribution >= 0.6 is 0 Å². The number of carbonyl (C=O) groups excluding carboxylic acids is 1. The van der Waals surface area contributed by atoms with Crippen LogP contribution in [-0.2, 0) is 0 Å². The zero-order valence-electron chi connectivity index (χ0n) is 13.0. The van der Waals surface area contributed by atoms with Gasteiger partial charge in [0.1, 0.15) is 0 Å². The van der Waals surface area contributed by atoms with Crippen molar-refractivity contribution in [3.63, 3.8) is 0 Å². The Labute approximate surface area is 126 Å². The van der Waals surface area contributed by atoms with Gasteiger partial charge in [-0.15, -0.1) is 0 Å². The molecule has 4 unspecified atom stereocenters. The van der Waals surface area contributed by atoms with E-state index in [0.29, 0.717) is 18.0 Å². The van der Waals surface area contributed by atoms with E-state index in [4.69, 9.17) is 0 Å². The maximum Gasteiger partial charge on any atom is 0.170 e. The second kappa shape index (κ2) is 5.11. The molecule has 0 aromatic heterocycles. The molecule has 4 nitrogen and oxygen atoms in total. The normalized spacial score (nSPS) is 34.8. The summed E-state index contributed by atoms with van der Waals surface area (Å²) in [7, 11) is 3.96. The van der Waals surface area contributed by atoms with Crippen LogP contribution in [0.3, 0.4) is 0 Å². The number of anilines is 1. The monoisotopic (exact) mass is 288 g/mol. The number of ketones is 1. The highest BCUT2D eigenvalue weighted by Crippen LogP contribution is 2.40. The Kier molecular flexibility index (Phi) is 3.54. The number of benzene rings is 1. The fourth-order valence-electron chi connectivity index (χ4n) is 3.90. The molecule has 1 aromatic rings. The molecule has 0 aliphatic carbocycles. The number of aliphatic hydroxyl groups is 1. The van der Waals surface area contributed by atoms with E-state index in [-0.39, 0.29) is 17.7 Å². The van der Waals surface area contributed by atoms with E-state index in [1.54, 1.807) is 0 Å². The van der Waals surface area contributed by atoms with Crippen molar-refractivity contribution in [1.29, 1.82) is 0 Å². The Morgan fingerprint density at radius 3 is 2.57 bits per heavy atom. The van der Waals surface area contributed by atoms with Crippen molar-refractivity contribution in [3.05, 3.63) is 29.8 Å². The summed E-state index contributed by atoms with van der Waals surface area (Å²) in [5, 5.41) is 14.2. The molecule has 2 aliphatic rings. The molecule has 0 amide bonds. The molecule has 2 N–H and O–H groups in total. The molecule has 4 atom stereocenters. The molecule has 21 heavy (non-hydrogen) atoms. The van der Waals surface area contributed by atoms with Crippen LogP contribution in [0.25, 0.3) is 0 Å². The Balaban J connectivity index is 1.86. The van der Waals surface area contributed by atoms with Gasteiger partial charge in [0, 0.05) is 37.4 Å². The average molecular weight is 288 g/mol. The van der Waals surface area contributed by atoms with Crippen LogP contribution in [0.1, 0.15) is 36.5 Å². The molecule has 2 saturated heterocycles. The summed E-state index contributed by atoms with van der Waals surface area (Å²) in [6, 6.07) is 8.12. The molecule has 114 valence electrons. The quantitative estimate of drug-likeness (QED) is 0.833. The predicted molar refractivity (Wildman–Crippen MR) is 83.8 cm³/mol. The van der Waals surface area contributed by atoms with Crippen LogP contribution in [-0.4, -0.2) is 42.7 Å². The van der Waals surface area contributed by atoms with Crippen molar-refractivity contribution in [2.75, 3.05) is 19.0 Å². The largest absolute Gasteiger partial charge is 0.389 e. The van der Waals surface area contributed by atoms with Gasteiger partial charge in [0.25, 0.3) is 0 Å². The van der Waals surface area contributed by atoms with Crippen molar-refractivity contribution < 1.29 is 9.90 Å². The third-order valence-corrected chi connectivity index (χ3v) is 4.96. The van der Waals surface area contributed by atoms with E-state index >= 15 is 0 Å². The van der Waals surface area contributed by atoms with Crippen molar-refractivity contribution in [2.24, 2.45) is 5.92 Å². The number of piperidine rings is 1. The number of hydrogen-bond donors (Lipinski definition) is 2. The van der Waals surface area contributed by atoms with E-state index in [9.17, 15) is 9.90 Å². The molecule has 2 heterocycles. The maximum atomic E-state index is 12.9. The van der Waals surface area contributed by atoms with E-state index < -0.39 is 5.60 Å². The molecular weight excluding hydrogens is 264 g/mol. The summed E-state index contributed by atoms with van der Waals surface area (Å²) in [6.45, 7) is 1.82. The van der Waals surface area contributed by atoms with Crippen LogP contribution in [0.15, 0.2) is 24.3 Å². The highest BCUT2D eigenvalue weighted by Gasteiger charge is 2.51. The predicted octanol–water partition coefficient (Wildman–Crippen LogP) is 1.83. The fourth-order valence-corrected chi connectivity index (χ4v) is 3.90. The van der Waals surface area contributed by atoms with Crippen LogP contribution in [0, 0.1) is 5.92 Å². The number of nitrogens with zero attached hydrogens (tertiary/aromatic N) is 1. The topological polar surface area (TPSA) is 52.6 Å². The summed E-state index contributed by atoms with van der Waals surface area (Å²) < 4.78 is 0. The highest BCUT2D eigenvalue weighted by molar-refractivity contribution is 5.99. The fraction of sp³-hybridized carbons (Fsp3) is 0.588. The second-order valence-electron chi connectivity index (χ2n) is 6.89. The van der Waals surface area contributed by atoms with Gasteiger partial charge in [-0.1, -0.05) is 0 Å². The summed E-state index contributed by atoms with van der Waals surface area (Å²) >= 11 is 0. The molecule has 2 fully saturated rings.